The van der Waals surface area contributed by atoms with Crippen molar-refractivity contribution in [2.45, 2.75) is 25.9 Å². The van der Waals surface area contributed by atoms with Crippen LogP contribution in [0, 0.1) is 0 Å². The van der Waals surface area contributed by atoms with Gasteiger partial charge in [0.25, 0.3) is 0 Å². The summed E-state index contributed by atoms with van der Waals surface area (Å²) in [5.41, 5.74) is 0. The Kier molecular flexibility index (Phi) is 4.16. The first-order chi connectivity index (χ1) is 6.19. The van der Waals surface area contributed by atoms with Gasteiger partial charge in [-0.15, -0.1) is 0 Å². The molecule has 0 radical (unpaired) electrons. The van der Waals surface area contributed by atoms with E-state index >= 15 is 0 Å². The highest BCUT2D eigenvalue weighted by Crippen LogP contribution is 2.13. The molecule has 0 aromatic heterocycles. The van der Waals surface area contributed by atoms with Crippen molar-refractivity contribution in [1.29, 1.82) is 0 Å². The molecule has 13 heavy (non-hydrogen) atoms. The standard InChI is InChI=1S/C10H23N3/c1-5-13-9(2)7-12(4)8-10(13)6-11-3/h9-11H,5-8H2,1-4H3. The smallest absolute Gasteiger partial charge is 0.0350 e. The van der Waals surface area contributed by atoms with Gasteiger partial charge in [0.1, 0.15) is 0 Å². The molecule has 78 valence electrons. The van der Waals surface area contributed by atoms with Crippen molar-refractivity contribution in [2.24, 2.45) is 0 Å². The van der Waals surface area contributed by atoms with Crippen molar-refractivity contribution >= 4 is 0 Å². The number of rotatable bonds is 3. The summed E-state index contributed by atoms with van der Waals surface area (Å²) in [5.74, 6) is 0. The second-order valence-corrected chi connectivity index (χ2v) is 4.11. The van der Waals surface area contributed by atoms with E-state index in [0.717, 1.165) is 6.54 Å². The molecule has 1 heterocycles. The molecule has 0 saturated carbocycles. The minimum absolute atomic E-state index is 0.684. The van der Waals surface area contributed by atoms with Gasteiger partial charge < -0.3 is 10.2 Å². The van der Waals surface area contributed by atoms with E-state index in [1.807, 2.05) is 7.05 Å². The Hall–Kier alpha value is -0.120. The molecule has 1 aliphatic heterocycles. The Morgan fingerprint density at radius 1 is 1.38 bits per heavy atom. The van der Waals surface area contributed by atoms with Crippen LogP contribution in [-0.4, -0.2) is 62.2 Å². The van der Waals surface area contributed by atoms with Gasteiger partial charge in [-0.25, -0.2) is 0 Å². The highest BCUT2D eigenvalue weighted by molar-refractivity contribution is 4.86. The Morgan fingerprint density at radius 2 is 2.08 bits per heavy atom. The van der Waals surface area contributed by atoms with Gasteiger partial charge in [0.2, 0.25) is 0 Å². The Balaban J connectivity index is 2.54. The average Bonchev–Trinajstić information content (AvgIpc) is 2.04. The molecule has 2 unspecified atom stereocenters. The maximum atomic E-state index is 3.27. The van der Waals surface area contributed by atoms with Gasteiger partial charge in [0, 0.05) is 31.7 Å². The molecular formula is C10H23N3. The number of nitrogens with zero attached hydrogens (tertiary/aromatic N) is 2. The fourth-order valence-corrected chi connectivity index (χ4v) is 2.44. The summed E-state index contributed by atoms with van der Waals surface area (Å²) in [6.07, 6.45) is 0. The van der Waals surface area contributed by atoms with Crippen molar-refractivity contribution in [1.82, 2.24) is 15.1 Å². The molecule has 0 amide bonds. The first-order valence-electron chi connectivity index (χ1n) is 5.28. The molecule has 0 aliphatic carbocycles. The number of hydrogen-bond donors (Lipinski definition) is 1. The maximum Gasteiger partial charge on any atom is 0.0350 e. The topological polar surface area (TPSA) is 18.5 Å². The SMILES string of the molecule is CCN1C(C)CN(C)CC1CNC. The first kappa shape index (κ1) is 11.0. The molecule has 0 aromatic carbocycles. The van der Waals surface area contributed by atoms with Crippen LogP contribution in [0.25, 0.3) is 0 Å². The Bertz CT molecular complexity index is 149. The number of likely N-dealkylation sites (N-methyl/N-ethyl adjacent to an activating group) is 3. The van der Waals surface area contributed by atoms with Crippen LogP contribution in [0.1, 0.15) is 13.8 Å². The van der Waals surface area contributed by atoms with Gasteiger partial charge in [0.15, 0.2) is 0 Å². The van der Waals surface area contributed by atoms with Crippen molar-refractivity contribution in [2.75, 3.05) is 40.3 Å². The fourth-order valence-electron chi connectivity index (χ4n) is 2.44. The summed E-state index contributed by atoms with van der Waals surface area (Å²) in [6, 6.07) is 1.38. The molecule has 1 aliphatic rings. The lowest BCUT2D eigenvalue weighted by Gasteiger charge is -2.44. The average molecular weight is 185 g/mol. The number of nitrogens with one attached hydrogen (secondary N) is 1. The van der Waals surface area contributed by atoms with Crippen LogP contribution < -0.4 is 5.32 Å². The van der Waals surface area contributed by atoms with Crippen LogP contribution in [0.3, 0.4) is 0 Å². The summed E-state index contributed by atoms with van der Waals surface area (Å²) in [4.78, 5) is 5.02. The largest absolute Gasteiger partial charge is 0.318 e. The second-order valence-electron chi connectivity index (χ2n) is 4.11. The summed E-state index contributed by atoms with van der Waals surface area (Å²) >= 11 is 0. The van der Waals surface area contributed by atoms with Crippen LogP contribution in [0.15, 0.2) is 0 Å². The van der Waals surface area contributed by atoms with Crippen LogP contribution in [0.5, 0.6) is 0 Å². The van der Waals surface area contributed by atoms with Gasteiger partial charge in [-0.2, -0.15) is 0 Å². The molecule has 1 N–H and O–H groups in total. The first-order valence-corrected chi connectivity index (χ1v) is 5.28. The molecule has 0 bridgehead atoms. The van der Waals surface area contributed by atoms with Gasteiger partial charge >= 0.3 is 0 Å². The zero-order valence-corrected chi connectivity index (χ0v) is 9.38. The minimum atomic E-state index is 0.684. The molecule has 3 nitrogen and oxygen atoms in total. The molecule has 1 rings (SSSR count). The molecule has 1 saturated heterocycles. The third kappa shape index (κ3) is 2.66. The summed E-state index contributed by atoms with van der Waals surface area (Å²) < 4.78 is 0. The Morgan fingerprint density at radius 3 is 2.62 bits per heavy atom. The zero-order valence-electron chi connectivity index (χ0n) is 9.38. The monoisotopic (exact) mass is 185 g/mol. The van der Waals surface area contributed by atoms with E-state index in [1.165, 1.54) is 19.6 Å². The number of piperazine rings is 1. The van der Waals surface area contributed by atoms with E-state index in [1.54, 1.807) is 0 Å². The highest BCUT2D eigenvalue weighted by atomic mass is 15.3. The molecule has 2 atom stereocenters. The van der Waals surface area contributed by atoms with E-state index in [4.69, 9.17) is 0 Å². The normalized spacial score (nSPS) is 32.3. The highest BCUT2D eigenvalue weighted by Gasteiger charge is 2.28. The van der Waals surface area contributed by atoms with Crippen molar-refractivity contribution in [3.8, 4) is 0 Å². The van der Waals surface area contributed by atoms with Gasteiger partial charge in [-0.05, 0) is 27.6 Å². The predicted octanol–water partition coefficient (Wildman–Crippen LogP) is 0.230. The lowest BCUT2D eigenvalue weighted by atomic mass is 10.1. The summed E-state index contributed by atoms with van der Waals surface area (Å²) in [7, 11) is 4.25. The van der Waals surface area contributed by atoms with Gasteiger partial charge in [-0.3, -0.25) is 4.90 Å². The van der Waals surface area contributed by atoms with Crippen LogP contribution in [-0.2, 0) is 0 Å². The number of hydrogen-bond acceptors (Lipinski definition) is 3. The lowest BCUT2D eigenvalue weighted by molar-refractivity contribution is 0.0491. The van der Waals surface area contributed by atoms with Crippen molar-refractivity contribution < 1.29 is 0 Å². The summed E-state index contributed by atoms with van der Waals surface area (Å²) in [5, 5.41) is 3.27. The third-order valence-corrected chi connectivity index (χ3v) is 2.94. The second kappa shape index (κ2) is 4.94. The zero-order chi connectivity index (χ0) is 9.84. The van der Waals surface area contributed by atoms with Crippen molar-refractivity contribution in [3.05, 3.63) is 0 Å². The Labute approximate surface area is 82.1 Å². The van der Waals surface area contributed by atoms with Crippen LogP contribution in [0.2, 0.25) is 0 Å². The molecular weight excluding hydrogens is 162 g/mol. The van der Waals surface area contributed by atoms with Crippen molar-refractivity contribution in [3.63, 3.8) is 0 Å². The van der Waals surface area contributed by atoms with E-state index in [2.05, 4.69) is 36.0 Å². The van der Waals surface area contributed by atoms with Gasteiger partial charge in [0.05, 0.1) is 0 Å². The van der Waals surface area contributed by atoms with Crippen LogP contribution >= 0.6 is 0 Å². The molecule has 0 spiro atoms. The maximum absolute atomic E-state index is 3.27. The quantitative estimate of drug-likeness (QED) is 0.679. The van der Waals surface area contributed by atoms with E-state index in [0.29, 0.717) is 12.1 Å². The van der Waals surface area contributed by atoms with E-state index in [-0.39, 0.29) is 0 Å². The van der Waals surface area contributed by atoms with Crippen LogP contribution in [0.4, 0.5) is 0 Å². The van der Waals surface area contributed by atoms with E-state index in [9.17, 15) is 0 Å². The van der Waals surface area contributed by atoms with Gasteiger partial charge in [-0.1, -0.05) is 6.92 Å². The molecule has 3 heteroatoms. The molecule has 1 fully saturated rings. The van der Waals surface area contributed by atoms with E-state index < -0.39 is 0 Å². The fraction of sp³-hybridized carbons (Fsp3) is 1.00. The predicted molar refractivity (Wildman–Crippen MR) is 57.1 cm³/mol. The lowest BCUT2D eigenvalue weighted by Crippen LogP contribution is -2.59. The summed E-state index contributed by atoms with van der Waals surface area (Å²) in [6.45, 7) is 9.24. The third-order valence-electron chi connectivity index (χ3n) is 2.94. The minimum Gasteiger partial charge on any atom is -0.318 e. The molecule has 0 aromatic rings.